The number of carbonyl (C=O) groups is 1. The molecule has 1 fully saturated rings. The first-order valence-electron chi connectivity index (χ1n) is 10.5. The number of sulfonamides is 1. The second-order valence-electron chi connectivity index (χ2n) is 7.72. The van der Waals surface area contributed by atoms with Gasteiger partial charge >= 0.3 is 0 Å². The van der Waals surface area contributed by atoms with Gasteiger partial charge in [0.05, 0.1) is 4.90 Å². The van der Waals surface area contributed by atoms with Crippen molar-refractivity contribution in [1.82, 2.24) is 4.31 Å². The van der Waals surface area contributed by atoms with Crippen molar-refractivity contribution >= 4 is 32.4 Å². The summed E-state index contributed by atoms with van der Waals surface area (Å²) in [6, 6.07) is 19.9. The van der Waals surface area contributed by atoms with E-state index in [9.17, 15) is 13.2 Å². The molecule has 162 valence electrons. The van der Waals surface area contributed by atoms with Crippen LogP contribution in [0.1, 0.15) is 26.2 Å². The Balaban J connectivity index is 1.42. The molecule has 1 amide bonds. The number of piperidine rings is 1. The van der Waals surface area contributed by atoms with Gasteiger partial charge in [0, 0.05) is 24.2 Å². The molecule has 0 saturated carbocycles. The van der Waals surface area contributed by atoms with Crippen molar-refractivity contribution in [3.8, 4) is 5.75 Å². The van der Waals surface area contributed by atoms with Gasteiger partial charge in [-0.25, -0.2) is 8.42 Å². The van der Waals surface area contributed by atoms with Gasteiger partial charge in [-0.05, 0) is 55.5 Å². The van der Waals surface area contributed by atoms with Gasteiger partial charge in [-0.2, -0.15) is 4.31 Å². The van der Waals surface area contributed by atoms with Crippen LogP contribution in [-0.2, 0) is 14.8 Å². The Hall–Kier alpha value is -2.90. The maximum Gasteiger partial charge on any atom is 0.265 e. The third kappa shape index (κ3) is 4.73. The number of hydrogen-bond acceptors (Lipinski definition) is 4. The summed E-state index contributed by atoms with van der Waals surface area (Å²) < 4.78 is 33.0. The molecule has 1 N–H and O–H groups in total. The van der Waals surface area contributed by atoms with E-state index >= 15 is 0 Å². The third-order valence-electron chi connectivity index (χ3n) is 5.50. The Labute approximate surface area is 182 Å². The molecule has 3 aromatic rings. The Morgan fingerprint density at radius 1 is 0.935 bits per heavy atom. The lowest BCUT2D eigenvalue weighted by atomic mass is 10.1. The predicted molar refractivity (Wildman–Crippen MR) is 122 cm³/mol. The van der Waals surface area contributed by atoms with Crippen molar-refractivity contribution in [2.75, 3.05) is 18.4 Å². The van der Waals surface area contributed by atoms with Crippen molar-refractivity contribution < 1.29 is 17.9 Å². The summed E-state index contributed by atoms with van der Waals surface area (Å²) in [5, 5.41) is 4.78. The summed E-state index contributed by atoms with van der Waals surface area (Å²) in [6.45, 7) is 2.81. The van der Waals surface area contributed by atoms with Crippen LogP contribution in [0.15, 0.2) is 71.6 Å². The minimum Gasteiger partial charge on any atom is -0.480 e. The van der Waals surface area contributed by atoms with E-state index in [2.05, 4.69) is 5.32 Å². The molecule has 4 rings (SSSR count). The predicted octanol–water partition coefficient (Wildman–Crippen LogP) is 4.42. The van der Waals surface area contributed by atoms with Crippen LogP contribution in [0.3, 0.4) is 0 Å². The minimum atomic E-state index is -3.49. The lowest BCUT2D eigenvalue weighted by Crippen LogP contribution is -2.35. The number of ether oxygens (including phenoxy) is 1. The van der Waals surface area contributed by atoms with Crippen LogP contribution in [0.25, 0.3) is 10.8 Å². The summed E-state index contributed by atoms with van der Waals surface area (Å²) in [5.74, 6) is 0.336. The fourth-order valence-corrected chi connectivity index (χ4v) is 5.27. The molecule has 7 heteroatoms. The smallest absolute Gasteiger partial charge is 0.265 e. The van der Waals surface area contributed by atoms with Crippen LogP contribution < -0.4 is 10.1 Å². The number of anilines is 1. The normalized spacial score (nSPS) is 16.0. The minimum absolute atomic E-state index is 0.243. The van der Waals surface area contributed by atoms with Gasteiger partial charge in [0.2, 0.25) is 10.0 Å². The molecule has 0 aliphatic carbocycles. The second kappa shape index (κ2) is 9.08. The monoisotopic (exact) mass is 438 g/mol. The third-order valence-corrected chi connectivity index (χ3v) is 7.41. The molecule has 31 heavy (non-hydrogen) atoms. The van der Waals surface area contributed by atoms with Gasteiger partial charge in [-0.15, -0.1) is 0 Å². The van der Waals surface area contributed by atoms with Gasteiger partial charge in [-0.3, -0.25) is 4.79 Å². The van der Waals surface area contributed by atoms with Crippen LogP contribution in [0, 0.1) is 0 Å². The Bertz CT molecular complexity index is 1160. The molecule has 6 nitrogen and oxygen atoms in total. The van der Waals surface area contributed by atoms with Crippen LogP contribution in [-0.4, -0.2) is 37.8 Å². The maximum absolute atomic E-state index is 12.8. The summed E-state index contributed by atoms with van der Waals surface area (Å²) >= 11 is 0. The molecule has 0 spiro atoms. The second-order valence-corrected chi connectivity index (χ2v) is 9.65. The molecular formula is C24H26N2O4S. The van der Waals surface area contributed by atoms with E-state index in [-0.39, 0.29) is 10.8 Å². The molecule has 0 radical (unpaired) electrons. The Morgan fingerprint density at radius 2 is 1.61 bits per heavy atom. The lowest BCUT2D eigenvalue weighted by molar-refractivity contribution is -0.122. The first-order valence-corrected chi connectivity index (χ1v) is 11.9. The molecule has 0 aromatic heterocycles. The van der Waals surface area contributed by atoms with Crippen molar-refractivity contribution in [2.24, 2.45) is 0 Å². The number of benzene rings is 3. The van der Waals surface area contributed by atoms with Crippen LogP contribution >= 0.6 is 0 Å². The van der Waals surface area contributed by atoms with Crippen LogP contribution in [0.2, 0.25) is 0 Å². The number of carbonyl (C=O) groups excluding carboxylic acids is 1. The lowest BCUT2D eigenvalue weighted by Gasteiger charge is -2.25. The summed E-state index contributed by atoms with van der Waals surface area (Å²) in [4.78, 5) is 12.9. The average molecular weight is 439 g/mol. The van der Waals surface area contributed by atoms with Gasteiger partial charge in [0.25, 0.3) is 5.91 Å². The fraction of sp³-hybridized carbons (Fsp3) is 0.292. The molecule has 1 heterocycles. The fourth-order valence-electron chi connectivity index (χ4n) is 3.75. The number of hydrogen-bond donors (Lipinski definition) is 1. The number of nitrogens with zero attached hydrogens (tertiary/aromatic N) is 1. The van der Waals surface area contributed by atoms with Crippen LogP contribution in [0.5, 0.6) is 5.75 Å². The van der Waals surface area contributed by atoms with E-state index < -0.39 is 16.1 Å². The molecular weight excluding hydrogens is 412 g/mol. The number of amides is 1. The van der Waals surface area contributed by atoms with E-state index in [1.165, 1.54) is 16.4 Å². The van der Waals surface area contributed by atoms with Crippen molar-refractivity contribution in [2.45, 2.75) is 37.2 Å². The summed E-state index contributed by atoms with van der Waals surface area (Å²) in [5.41, 5.74) is 0.524. The van der Waals surface area contributed by atoms with E-state index in [0.29, 0.717) is 24.5 Å². The number of rotatable bonds is 6. The van der Waals surface area contributed by atoms with E-state index in [0.717, 1.165) is 30.0 Å². The highest BCUT2D eigenvalue weighted by atomic mass is 32.2. The largest absolute Gasteiger partial charge is 0.480 e. The number of fused-ring (bicyclic) bond motifs is 1. The molecule has 0 unspecified atom stereocenters. The van der Waals surface area contributed by atoms with E-state index in [1.807, 2.05) is 42.5 Å². The van der Waals surface area contributed by atoms with Crippen LogP contribution in [0.4, 0.5) is 5.69 Å². The van der Waals surface area contributed by atoms with Gasteiger partial charge in [-0.1, -0.05) is 42.8 Å². The Kier molecular flexibility index (Phi) is 6.25. The van der Waals surface area contributed by atoms with Crippen molar-refractivity contribution in [3.05, 3.63) is 66.7 Å². The van der Waals surface area contributed by atoms with Crippen molar-refractivity contribution in [3.63, 3.8) is 0 Å². The van der Waals surface area contributed by atoms with Gasteiger partial charge < -0.3 is 10.1 Å². The molecule has 1 aliphatic heterocycles. The molecule has 1 aliphatic rings. The van der Waals surface area contributed by atoms with Gasteiger partial charge in [0.1, 0.15) is 5.75 Å². The standard InChI is InChI=1S/C24H26N2O4S/c1-18(30-23-11-7-9-19-8-3-4-10-22(19)23)24(27)25-20-12-14-21(15-13-20)31(28,29)26-16-5-2-6-17-26/h3-4,7-15,18H,2,5-6,16-17H2,1H3,(H,25,27)/t18-/m1/s1. The SMILES string of the molecule is C[C@@H](Oc1cccc2ccccc12)C(=O)Nc1ccc(S(=O)(=O)N2CCCCC2)cc1. The zero-order valence-electron chi connectivity index (χ0n) is 17.5. The molecule has 1 saturated heterocycles. The van der Waals surface area contributed by atoms with Gasteiger partial charge in [0.15, 0.2) is 6.10 Å². The number of nitrogens with one attached hydrogen (secondary N) is 1. The quantitative estimate of drug-likeness (QED) is 0.618. The molecule has 3 aromatic carbocycles. The molecule has 1 atom stereocenters. The summed E-state index contributed by atoms with van der Waals surface area (Å²) in [6.07, 6.45) is 2.13. The summed E-state index contributed by atoms with van der Waals surface area (Å²) in [7, 11) is -3.49. The first-order chi connectivity index (χ1) is 14.9. The maximum atomic E-state index is 12.8. The highest BCUT2D eigenvalue weighted by Gasteiger charge is 2.26. The van der Waals surface area contributed by atoms with E-state index in [1.54, 1.807) is 19.1 Å². The highest BCUT2D eigenvalue weighted by Crippen LogP contribution is 2.26. The zero-order chi connectivity index (χ0) is 21.8. The first kappa shape index (κ1) is 21.3. The molecule has 0 bridgehead atoms. The van der Waals surface area contributed by atoms with Crippen molar-refractivity contribution in [1.29, 1.82) is 0 Å². The topological polar surface area (TPSA) is 75.7 Å². The van der Waals surface area contributed by atoms with E-state index in [4.69, 9.17) is 4.74 Å². The highest BCUT2D eigenvalue weighted by molar-refractivity contribution is 7.89. The zero-order valence-corrected chi connectivity index (χ0v) is 18.3. The average Bonchev–Trinajstić information content (AvgIpc) is 2.80. The Morgan fingerprint density at radius 3 is 2.35 bits per heavy atom.